The van der Waals surface area contributed by atoms with Crippen LogP contribution in [0.4, 0.5) is 0 Å². The van der Waals surface area contributed by atoms with E-state index in [1.54, 1.807) is 0 Å². The first-order chi connectivity index (χ1) is 11.7. The predicted octanol–water partition coefficient (Wildman–Crippen LogP) is 5.25. The molecule has 1 aliphatic rings. The van der Waals surface area contributed by atoms with Crippen molar-refractivity contribution in [2.75, 3.05) is 0 Å². The summed E-state index contributed by atoms with van der Waals surface area (Å²) in [5.41, 5.74) is 2.83. The molecule has 0 heterocycles. The van der Waals surface area contributed by atoms with Crippen LogP contribution in [-0.4, -0.2) is 11.2 Å². The lowest BCUT2D eigenvalue weighted by molar-refractivity contribution is 0.641. The van der Waals surface area contributed by atoms with Crippen molar-refractivity contribution in [2.24, 2.45) is 0 Å². The number of hydrogen-bond acceptors (Lipinski definition) is 1. The van der Waals surface area contributed by atoms with Crippen LogP contribution in [0.2, 0.25) is 0 Å². The largest absolute Gasteiger partial charge is 0.359 e. The van der Waals surface area contributed by atoms with Crippen molar-refractivity contribution in [1.82, 2.24) is 10.6 Å². The lowest BCUT2D eigenvalue weighted by Gasteiger charge is -2.13. The van der Waals surface area contributed by atoms with Gasteiger partial charge in [0.05, 0.1) is 0 Å². The van der Waals surface area contributed by atoms with Crippen molar-refractivity contribution in [1.29, 1.82) is 0 Å². The second kappa shape index (κ2) is 11.9. The maximum absolute atomic E-state index is 5.96. The van der Waals surface area contributed by atoms with Gasteiger partial charge in [-0.15, -0.1) is 0 Å². The zero-order valence-corrected chi connectivity index (χ0v) is 16.3. The van der Waals surface area contributed by atoms with Gasteiger partial charge in [0, 0.05) is 17.3 Å². The van der Waals surface area contributed by atoms with Crippen molar-refractivity contribution in [3.63, 3.8) is 0 Å². The van der Waals surface area contributed by atoms with Crippen molar-refractivity contribution in [2.45, 2.75) is 46.1 Å². The van der Waals surface area contributed by atoms with Gasteiger partial charge >= 0.3 is 0 Å². The molecular formula is C20H27ClN2S. The fourth-order valence-corrected chi connectivity index (χ4v) is 2.94. The molecule has 0 bridgehead atoms. The summed E-state index contributed by atoms with van der Waals surface area (Å²) < 4.78 is 0. The van der Waals surface area contributed by atoms with E-state index in [0.717, 1.165) is 24.3 Å². The first-order valence-electron chi connectivity index (χ1n) is 8.51. The van der Waals surface area contributed by atoms with Gasteiger partial charge in [-0.1, -0.05) is 68.8 Å². The number of allylic oxidation sites excluding steroid dienone is 5. The molecule has 130 valence electrons. The van der Waals surface area contributed by atoms with Crippen molar-refractivity contribution in [3.8, 4) is 0 Å². The monoisotopic (exact) mass is 362 g/mol. The number of benzene rings is 1. The summed E-state index contributed by atoms with van der Waals surface area (Å²) in [4.78, 5) is 0. The van der Waals surface area contributed by atoms with Gasteiger partial charge in [-0.05, 0) is 54.8 Å². The molecule has 0 unspecified atom stereocenters. The van der Waals surface area contributed by atoms with Gasteiger partial charge in [0.15, 0.2) is 5.11 Å². The van der Waals surface area contributed by atoms with Crippen LogP contribution in [0.1, 0.15) is 38.3 Å². The van der Waals surface area contributed by atoms with Gasteiger partial charge in [-0.25, -0.2) is 0 Å². The van der Waals surface area contributed by atoms with Crippen LogP contribution in [-0.2, 0) is 12.8 Å². The van der Waals surface area contributed by atoms with Gasteiger partial charge in [-0.2, -0.15) is 0 Å². The molecule has 4 heteroatoms. The number of rotatable bonds is 5. The number of fused-ring (bicyclic) bond motifs is 1. The lowest BCUT2D eigenvalue weighted by atomic mass is 10.1. The van der Waals surface area contributed by atoms with Crippen LogP contribution in [0.3, 0.4) is 0 Å². The van der Waals surface area contributed by atoms with E-state index in [-0.39, 0.29) is 0 Å². The van der Waals surface area contributed by atoms with Gasteiger partial charge in [0.25, 0.3) is 0 Å². The average Bonchev–Trinajstić information content (AvgIpc) is 2.98. The minimum Gasteiger partial charge on any atom is -0.359 e. The topological polar surface area (TPSA) is 24.1 Å². The quantitative estimate of drug-likeness (QED) is 0.552. The zero-order valence-electron chi connectivity index (χ0n) is 14.7. The molecule has 1 aromatic rings. The normalized spacial score (nSPS) is 14.4. The first-order valence-corrected chi connectivity index (χ1v) is 9.30. The van der Waals surface area contributed by atoms with Crippen LogP contribution in [0, 0.1) is 0 Å². The van der Waals surface area contributed by atoms with E-state index >= 15 is 0 Å². The van der Waals surface area contributed by atoms with Crippen LogP contribution >= 0.6 is 23.8 Å². The number of nitrogens with one attached hydrogen (secondary N) is 2. The third kappa shape index (κ3) is 7.33. The molecule has 0 spiro atoms. The molecule has 1 aromatic carbocycles. The Kier molecular flexibility index (Phi) is 10.1. The summed E-state index contributed by atoms with van der Waals surface area (Å²) in [5, 5.41) is 7.82. The first kappa shape index (κ1) is 20.5. The van der Waals surface area contributed by atoms with E-state index < -0.39 is 0 Å². The standard InChI is InChI=1S/C18H21ClN2S.C2H6/c1-2-7-16(19)10-5-6-11-20-18(22)21-17-12-14-8-3-4-9-15(14)13-17;1-2/h3-11,17H,2,12-13H2,1H3,(H2,20,21,22);1-2H3/b10-5-,11-6+,16-7+;. The van der Waals surface area contributed by atoms with Gasteiger partial charge in [0.1, 0.15) is 0 Å². The number of thiocarbonyl (C=S) groups is 1. The number of halogens is 1. The number of hydrogen-bond donors (Lipinski definition) is 2. The summed E-state index contributed by atoms with van der Waals surface area (Å²) in [5.74, 6) is 0. The van der Waals surface area contributed by atoms with Gasteiger partial charge < -0.3 is 10.6 Å². The van der Waals surface area contributed by atoms with E-state index in [0.29, 0.717) is 11.2 Å². The third-order valence-electron chi connectivity index (χ3n) is 3.46. The second-order valence-corrected chi connectivity index (χ2v) is 6.05. The molecule has 0 saturated heterocycles. The fourth-order valence-electron chi connectivity index (χ4n) is 2.48. The fraction of sp³-hybridized carbons (Fsp3) is 0.350. The highest BCUT2D eigenvalue weighted by atomic mass is 35.5. The Labute approximate surface area is 156 Å². The van der Waals surface area contributed by atoms with Crippen molar-refractivity contribution >= 4 is 28.9 Å². The molecule has 0 saturated carbocycles. The molecule has 0 aromatic heterocycles. The molecule has 0 aliphatic heterocycles. The Morgan fingerprint density at radius 3 is 2.42 bits per heavy atom. The van der Waals surface area contributed by atoms with Crippen LogP contribution in [0.15, 0.2) is 59.8 Å². The Bertz CT molecular complexity index is 580. The van der Waals surface area contributed by atoms with Gasteiger partial charge in [-0.3, -0.25) is 0 Å². The molecule has 0 amide bonds. The van der Waals surface area contributed by atoms with Crippen molar-refractivity contribution < 1.29 is 0 Å². The summed E-state index contributed by atoms with van der Waals surface area (Å²) in [6.07, 6.45) is 12.4. The highest BCUT2D eigenvalue weighted by Crippen LogP contribution is 2.21. The van der Waals surface area contributed by atoms with Crippen LogP contribution in [0.5, 0.6) is 0 Å². The molecule has 2 rings (SSSR count). The Morgan fingerprint density at radius 1 is 1.21 bits per heavy atom. The van der Waals surface area contributed by atoms with Crippen LogP contribution < -0.4 is 10.6 Å². The van der Waals surface area contributed by atoms with E-state index in [1.807, 2.05) is 44.4 Å². The Balaban J connectivity index is 0.00000139. The smallest absolute Gasteiger partial charge is 0.170 e. The molecule has 2 nitrogen and oxygen atoms in total. The summed E-state index contributed by atoms with van der Waals surface area (Å²) >= 11 is 11.3. The molecular weight excluding hydrogens is 336 g/mol. The Morgan fingerprint density at radius 2 is 1.83 bits per heavy atom. The van der Waals surface area contributed by atoms with E-state index in [9.17, 15) is 0 Å². The van der Waals surface area contributed by atoms with E-state index in [1.165, 1.54) is 11.1 Å². The SMILES string of the molecule is CC.CC\C=C(Cl)/C=C\C=C\NC(=S)NC1Cc2ccccc2C1. The summed E-state index contributed by atoms with van der Waals surface area (Å²) in [6, 6.07) is 8.93. The third-order valence-corrected chi connectivity index (χ3v) is 3.98. The predicted molar refractivity (Wildman–Crippen MR) is 110 cm³/mol. The average molecular weight is 363 g/mol. The maximum Gasteiger partial charge on any atom is 0.170 e. The maximum atomic E-state index is 5.96. The Hall–Kier alpha value is -1.58. The molecule has 0 atom stereocenters. The van der Waals surface area contributed by atoms with E-state index in [4.69, 9.17) is 23.8 Å². The zero-order chi connectivity index (χ0) is 17.8. The summed E-state index contributed by atoms with van der Waals surface area (Å²) in [6.45, 7) is 6.05. The van der Waals surface area contributed by atoms with Crippen molar-refractivity contribution in [3.05, 3.63) is 70.9 Å². The highest BCUT2D eigenvalue weighted by Gasteiger charge is 2.20. The molecule has 24 heavy (non-hydrogen) atoms. The van der Waals surface area contributed by atoms with Gasteiger partial charge in [0.2, 0.25) is 0 Å². The van der Waals surface area contributed by atoms with E-state index in [2.05, 4.69) is 41.8 Å². The second-order valence-electron chi connectivity index (χ2n) is 5.21. The lowest BCUT2D eigenvalue weighted by Crippen LogP contribution is -2.40. The minimum atomic E-state index is 0.378. The highest BCUT2D eigenvalue weighted by molar-refractivity contribution is 7.80. The summed E-state index contributed by atoms with van der Waals surface area (Å²) in [7, 11) is 0. The minimum absolute atomic E-state index is 0.378. The molecule has 0 radical (unpaired) electrons. The molecule has 2 N–H and O–H groups in total. The molecule has 1 aliphatic carbocycles. The van der Waals surface area contributed by atoms with Crippen LogP contribution in [0.25, 0.3) is 0 Å². The molecule has 0 fully saturated rings.